The molecule has 1 amide bonds. The predicted molar refractivity (Wildman–Crippen MR) is 117 cm³/mol. The predicted octanol–water partition coefficient (Wildman–Crippen LogP) is 4.25. The van der Waals surface area contributed by atoms with Gasteiger partial charge in [0.25, 0.3) is 11.5 Å². The van der Waals surface area contributed by atoms with Gasteiger partial charge in [0.15, 0.2) is 6.61 Å². The Hall–Kier alpha value is -3.71. The van der Waals surface area contributed by atoms with E-state index in [9.17, 15) is 14.0 Å². The summed E-state index contributed by atoms with van der Waals surface area (Å²) in [6.45, 7) is 0.0218. The maximum Gasteiger partial charge on any atom is 0.262 e. The number of anilines is 1. The van der Waals surface area contributed by atoms with Crippen molar-refractivity contribution in [1.29, 1.82) is 0 Å². The highest BCUT2D eigenvalue weighted by Gasteiger charge is 2.09. The maximum atomic E-state index is 13.4. The Morgan fingerprint density at radius 1 is 1.10 bits per heavy atom. The summed E-state index contributed by atoms with van der Waals surface area (Å²) in [4.78, 5) is 29.4. The van der Waals surface area contributed by atoms with Gasteiger partial charge in [-0.25, -0.2) is 9.37 Å². The lowest BCUT2D eigenvalue weighted by Gasteiger charge is -2.10. The molecule has 0 unspecified atom stereocenters. The Balaban J connectivity index is 1.52. The average molecular weight is 438 g/mol. The summed E-state index contributed by atoms with van der Waals surface area (Å²) in [7, 11) is 0. The first-order valence-corrected chi connectivity index (χ1v) is 9.78. The van der Waals surface area contributed by atoms with Crippen molar-refractivity contribution in [1.82, 2.24) is 9.55 Å². The van der Waals surface area contributed by atoms with E-state index in [1.54, 1.807) is 36.4 Å². The molecule has 4 aromatic rings. The van der Waals surface area contributed by atoms with Crippen LogP contribution >= 0.6 is 11.6 Å². The van der Waals surface area contributed by atoms with Gasteiger partial charge in [0.05, 0.1) is 28.8 Å². The first-order valence-electron chi connectivity index (χ1n) is 9.40. The maximum absolute atomic E-state index is 13.4. The number of nitrogens with one attached hydrogen (secondary N) is 1. The van der Waals surface area contributed by atoms with Crippen LogP contribution in [0.4, 0.5) is 10.1 Å². The number of carbonyl (C=O) groups is 1. The number of para-hydroxylation sites is 1. The van der Waals surface area contributed by atoms with E-state index in [2.05, 4.69) is 10.3 Å². The quantitative estimate of drug-likeness (QED) is 0.489. The molecule has 1 N–H and O–H groups in total. The topological polar surface area (TPSA) is 73.2 Å². The van der Waals surface area contributed by atoms with Crippen LogP contribution < -0.4 is 15.6 Å². The van der Waals surface area contributed by atoms with Crippen LogP contribution in [0.5, 0.6) is 5.75 Å². The summed E-state index contributed by atoms with van der Waals surface area (Å²) >= 11 is 5.82. The Kier molecular flexibility index (Phi) is 5.95. The van der Waals surface area contributed by atoms with Crippen molar-refractivity contribution in [2.24, 2.45) is 0 Å². The van der Waals surface area contributed by atoms with Crippen LogP contribution in [0.2, 0.25) is 5.02 Å². The van der Waals surface area contributed by atoms with Gasteiger partial charge in [-0.15, -0.1) is 0 Å². The van der Waals surface area contributed by atoms with E-state index in [1.807, 2.05) is 18.2 Å². The van der Waals surface area contributed by atoms with Gasteiger partial charge in [0.2, 0.25) is 0 Å². The van der Waals surface area contributed by atoms with Crippen molar-refractivity contribution in [2.75, 3.05) is 11.9 Å². The third-order valence-electron chi connectivity index (χ3n) is 4.56. The van der Waals surface area contributed by atoms with Crippen LogP contribution in [-0.2, 0) is 11.3 Å². The fraction of sp³-hybridized carbons (Fsp3) is 0.0870. The minimum Gasteiger partial charge on any atom is -0.484 e. The number of ether oxygens (including phenoxy) is 1. The number of halogens is 2. The van der Waals surface area contributed by atoms with E-state index >= 15 is 0 Å². The molecule has 0 bridgehead atoms. The Bertz CT molecular complexity index is 1310. The smallest absolute Gasteiger partial charge is 0.262 e. The molecular weight excluding hydrogens is 421 g/mol. The normalized spacial score (nSPS) is 10.8. The summed E-state index contributed by atoms with van der Waals surface area (Å²) < 4.78 is 20.2. The molecule has 0 fully saturated rings. The molecule has 0 saturated heterocycles. The van der Waals surface area contributed by atoms with E-state index in [1.165, 1.54) is 23.0 Å². The number of hydrogen-bond donors (Lipinski definition) is 1. The summed E-state index contributed by atoms with van der Waals surface area (Å²) in [5.74, 6) is -0.288. The molecule has 0 aliphatic carbocycles. The van der Waals surface area contributed by atoms with E-state index in [-0.39, 0.29) is 29.6 Å². The van der Waals surface area contributed by atoms with Gasteiger partial charge in [-0.1, -0.05) is 35.9 Å². The molecule has 0 saturated carbocycles. The minimum absolute atomic E-state index is 0.0120. The third-order valence-corrected chi connectivity index (χ3v) is 4.85. The number of rotatable bonds is 6. The van der Waals surface area contributed by atoms with Crippen LogP contribution in [0.15, 0.2) is 77.9 Å². The second kappa shape index (κ2) is 8.97. The van der Waals surface area contributed by atoms with Crippen molar-refractivity contribution in [2.45, 2.75) is 6.54 Å². The van der Waals surface area contributed by atoms with Crippen molar-refractivity contribution in [3.05, 3.63) is 99.8 Å². The Morgan fingerprint density at radius 3 is 2.68 bits per heavy atom. The van der Waals surface area contributed by atoms with Gasteiger partial charge < -0.3 is 10.1 Å². The number of carbonyl (C=O) groups excluding carboxylic acids is 1. The summed E-state index contributed by atoms with van der Waals surface area (Å²) in [5.41, 5.74) is 1.33. The summed E-state index contributed by atoms with van der Waals surface area (Å²) in [5, 5.41) is 3.05. The van der Waals surface area contributed by atoms with Gasteiger partial charge in [-0.2, -0.15) is 0 Å². The number of amides is 1. The Labute approximate surface area is 181 Å². The molecule has 0 radical (unpaired) electrons. The van der Waals surface area contributed by atoms with E-state index in [4.69, 9.17) is 16.3 Å². The lowest BCUT2D eigenvalue weighted by atomic mass is 10.2. The first kappa shape index (κ1) is 20.6. The summed E-state index contributed by atoms with van der Waals surface area (Å²) in [6.07, 6.45) is 1.42. The molecule has 8 heteroatoms. The molecule has 0 aliphatic heterocycles. The lowest BCUT2D eigenvalue weighted by molar-refractivity contribution is -0.118. The van der Waals surface area contributed by atoms with Crippen LogP contribution in [0.3, 0.4) is 0 Å². The highest BCUT2D eigenvalue weighted by Crippen LogP contribution is 2.18. The van der Waals surface area contributed by atoms with Crippen LogP contribution in [-0.4, -0.2) is 22.1 Å². The number of hydrogen-bond acceptors (Lipinski definition) is 4. The lowest BCUT2D eigenvalue weighted by Crippen LogP contribution is -2.22. The molecule has 31 heavy (non-hydrogen) atoms. The fourth-order valence-electron chi connectivity index (χ4n) is 3.05. The number of nitrogens with zero attached hydrogens (tertiary/aromatic N) is 2. The second-order valence-electron chi connectivity index (χ2n) is 6.81. The van der Waals surface area contributed by atoms with Crippen molar-refractivity contribution >= 4 is 34.1 Å². The SMILES string of the molecule is O=C(COc1ccccc1)Nc1ccc2ncn(Cc3ccc(F)c(Cl)c3)c(=O)c2c1. The number of fused-ring (bicyclic) bond motifs is 1. The van der Waals surface area contributed by atoms with E-state index in [0.29, 0.717) is 27.9 Å². The fourth-order valence-corrected chi connectivity index (χ4v) is 3.25. The van der Waals surface area contributed by atoms with Gasteiger partial charge >= 0.3 is 0 Å². The molecule has 0 spiro atoms. The molecule has 6 nitrogen and oxygen atoms in total. The monoisotopic (exact) mass is 437 g/mol. The van der Waals surface area contributed by atoms with Crippen molar-refractivity contribution in [3.8, 4) is 5.75 Å². The average Bonchev–Trinajstić information content (AvgIpc) is 2.78. The van der Waals surface area contributed by atoms with Crippen LogP contribution in [0.25, 0.3) is 10.9 Å². The third kappa shape index (κ3) is 4.90. The van der Waals surface area contributed by atoms with Crippen LogP contribution in [0, 0.1) is 5.82 Å². The zero-order chi connectivity index (χ0) is 21.8. The molecule has 156 valence electrons. The van der Waals surface area contributed by atoms with Crippen molar-refractivity contribution in [3.63, 3.8) is 0 Å². The van der Waals surface area contributed by atoms with Crippen molar-refractivity contribution < 1.29 is 13.9 Å². The van der Waals surface area contributed by atoms with E-state index < -0.39 is 5.82 Å². The Morgan fingerprint density at radius 2 is 1.90 bits per heavy atom. The number of aromatic nitrogens is 2. The minimum atomic E-state index is -0.522. The molecule has 0 atom stereocenters. The van der Waals surface area contributed by atoms with Gasteiger partial charge in [-0.05, 0) is 48.0 Å². The summed E-state index contributed by atoms with van der Waals surface area (Å²) in [6, 6.07) is 18.2. The molecule has 4 rings (SSSR count). The highest BCUT2D eigenvalue weighted by atomic mass is 35.5. The molecule has 0 aliphatic rings. The zero-order valence-corrected chi connectivity index (χ0v) is 17.0. The largest absolute Gasteiger partial charge is 0.484 e. The van der Waals surface area contributed by atoms with Gasteiger partial charge in [-0.3, -0.25) is 14.2 Å². The van der Waals surface area contributed by atoms with E-state index in [0.717, 1.165) is 0 Å². The standard InChI is InChI=1S/C23H17ClFN3O3/c24-19-10-15(6-8-20(19)25)12-28-14-26-21-9-7-16(11-18(21)23(28)30)27-22(29)13-31-17-4-2-1-3-5-17/h1-11,14H,12-13H2,(H,27,29). The van der Waals surface area contributed by atoms with Gasteiger partial charge in [0, 0.05) is 5.69 Å². The highest BCUT2D eigenvalue weighted by molar-refractivity contribution is 6.30. The molecule has 1 aromatic heterocycles. The molecule has 1 heterocycles. The second-order valence-corrected chi connectivity index (χ2v) is 7.22. The van der Waals surface area contributed by atoms with Crippen LogP contribution in [0.1, 0.15) is 5.56 Å². The molecular formula is C23H17ClFN3O3. The first-order chi connectivity index (χ1) is 15.0. The van der Waals surface area contributed by atoms with Gasteiger partial charge in [0.1, 0.15) is 11.6 Å². The number of benzene rings is 3. The molecule has 3 aromatic carbocycles. The zero-order valence-electron chi connectivity index (χ0n) is 16.2.